The van der Waals surface area contributed by atoms with Crippen molar-refractivity contribution in [2.75, 3.05) is 5.32 Å². The fourth-order valence-electron chi connectivity index (χ4n) is 1.72. The van der Waals surface area contributed by atoms with Gasteiger partial charge in [-0.05, 0) is 31.2 Å². The standard InChI is InChI=1S/C14H12BrFN2O2/c1-2-18-8-10(4-6-13(18)19)17-14(20)11-7-9(15)3-5-12(11)16/h3-8H,2H2,1H3,(H,17,20). The molecule has 1 N–H and O–H groups in total. The number of carbonyl (C=O) groups excluding carboxylic acids is 1. The highest BCUT2D eigenvalue weighted by atomic mass is 79.9. The molecule has 104 valence electrons. The first-order valence-corrected chi connectivity index (χ1v) is 6.77. The Morgan fingerprint density at radius 2 is 2.10 bits per heavy atom. The van der Waals surface area contributed by atoms with Gasteiger partial charge in [-0.25, -0.2) is 4.39 Å². The van der Waals surface area contributed by atoms with Crippen molar-refractivity contribution in [2.45, 2.75) is 13.5 Å². The highest BCUT2D eigenvalue weighted by Crippen LogP contribution is 2.17. The third-order valence-electron chi connectivity index (χ3n) is 2.76. The Hall–Kier alpha value is -1.95. The zero-order valence-electron chi connectivity index (χ0n) is 10.7. The fourth-order valence-corrected chi connectivity index (χ4v) is 2.08. The molecule has 0 aliphatic rings. The van der Waals surface area contributed by atoms with Crippen LogP contribution in [0.25, 0.3) is 0 Å². The summed E-state index contributed by atoms with van der Waals surface area (Å²) in [6.45, 7) is 2.31. The zero-order valence-corrected chi connectivity index (χ0v) is 12.3. The van der Waals surface area contributed by atoms with Gasteiger partial charge in [-0.1, -0.05) is 15.9 Å². The second-order valence-electron chi connectivity index (χ2n) is 4.12. The van der Waals surface area contributed by atoms with E-state index in [4.69, 9.17) is 0 Å². The van der Waals surface area contributed by atoms with Crippen molar-refractivity contribution in [1.29, 1.82) is 0 Å². The SMILES string of the molecule is CCn1cc(NC(=O)c2cc(Br)ccc2F)ccc1=O. The highest BCUT2D eigenvalue weighted by molar-refractivity contribution is 9.10. The molecule has 0 spiro atoms. The number of anilines is 1. The van der Waals surface area contributed by atoms with E-state index in [1.54, 1.807) is 0 Å². The van der Waals surface area contributed by atoms with Gasteiger partial charge in [-0.15, -0.1) is 0 Å². The van der Waals surface area contributed by atoms with Crippen molar-refractivity contribution in [1.82, 2.24) is 4.57 Å². The first kappa shape index (κ1) is 14.5. The zero-order chi connectivity index (χ0) is 14.7. The Balaban J connectivity index is 2.28. The van der Waals surface area contributed by atoms with Gasteiger partial charge >= 0.3 is 0 Å². The lowest BCUT2D eigenvalue weighted by atomic mass is 10.2. The highest BCUT2D eigenvalue weighted by Gasteiger charge is 2.12. The molecule has 0 atom stereocenters. The minimum absolute atomic E-state index is 0.0615. The van der Waals surface area contributed by atoms with E-state index in [9.17, 15) is 14.0 Å². The van der Waals surface area contributed by atoms with E-state index < -0.39 is 11.7 Å². The molecule has 2 rings (SSSR count). The van der Waals surface area contributed by atoms with E-state index in [1.807, 2.05) is 6.92 Å². The van der Waals surface area contributed by atoms with Crippen LogP contribution in [0.2, 0.25) is 0 Å². The van der Waals surface area contributed by atoms with Crippen LogP contribution in [0.3, 0.4) is 0 Å². The molecule has 0 unspecified atom stereocenters. The van der Waals surface area contributed by atoms with Crippen LogP contribution in [0.4, 0.5) is 10.1 Å². The maximum Gasteiger partial charge on any atom is 0.258 e. The van der Waals surface area contributed by atoms with Crippen LogP contribution in [-0.4, -0.2) is 10.5 Å². The molecule has 1 amide bonds. The Bertz CT molecular complexity index is 713. The molecule has 6 heteroatoms. The molecule has 0 saturated carbocycles. The van der Waals surface area contributed by atoms with E-state index in [0.717, 1.165) is 0 Å². The van der Waals surface area contributed by atoms with E-state index >= 15 is 0 Å². The van der Waals surface area contributed by atoms with Crippen molar-refractivity contribution >= 4 is 27.5 Å². The topological polar surface area (TPSA) is 51.1 Å². The predicted octanol–water partition coefficient (Wildman–Crippen LogP) is 3.02. The summed E-state index contributed by atoms with van der Waals surface area (Å²) < 4.78 is 15.7. The molecule has 4 nitrogen and oxygen atoms in total. The Labute approximate surface area is 123 Å². The minimum Gasteiger partial charge on any atom is -0.321 e. The van der Waals surface area contributed by atoms with Gasteiger partial charge in [-0.2, -0.15) is 0 Å². The summed E-state index contributed by atoms with van der Waals surface area (Å²) >= 11 is 3.19. The van der Waals surface area contributed by atoms with Crippen molar-refractivity contribution < 1.29 is 9.18 Å². The summed E-state index contributed by atoms with van der Waals surface area (Å²) in [5.41, 5.74) is 0.226. The number of halogens is 2. The average Bonchev–Trinajstić information content (AvgIpc) is 2.43. The summed E-state index contributed by atoms with van der Waals surface area (Å²) in [7, 11) is 0. The van der Waals surface area contributed by atoms with Gasteiger partial charge in [0.15, 0.2) is 0 Å². The van der Waals surface area contributed by atoms with Gasteiger partial charge in [0.05, 0.1) is 11.3 Å². The van der Waals surface area contributed by atoms with Crippen LogP contribution >= 0.6 is 15.9 Å². The summed E-state index contributed by atoms with van der Waals surface area (Å²) in [5.74, 6) is -1.17. The maximum absolute atomic E-state index is 13.6. The largest absolute Gasteiger partial charge is 0.321 e. The summed E-state index contributed by atoms with van der Waals surface area (Å²) in [5, 5.41) is 2.57. The van der Waals surface area contributed by atoms with Crippen LogP contribution in [0.5, 0.6) is 0 Å². The molecule has 1 heterocycles. The number of amides is 1. The summed E-state index contributed by atoms with van der Waals surface area (Å²) in [6, 6.07) is 6.98. The van der Waals surface area contributed by atoms with E-state index in [0.29, 0.717) is 16.7 Å². The van der Waals surface area contributed by atoms with Crippen LogP contribution < -0.4 is 10.9 Å². The van der Waals surface area contributed by atoms with Crippen molar-refractivity contribution in [3.63, 3.8) is 0 Å². The van der Waals surface area contributed by atoms with Gasteiger partial charge in [-0.3, -0.25) is 9.59 Å². The average molecular weight is 339 g/mol. The molecule has 1 aromatic carbocycles. The van der Waals surface area contributed by atoms with Gasteiger partial charge < -0.3 is 9.88 Å². The second kappa shape index (κ2) is 6.00. The van der Waals surface area contributed by atoms with Crippen molar-refractivity contribution in [2.24, 2.45) is 0 Å². The number of aryl methyl sites for hydroxylation is 1. The van der Waals surface area contributed by atoms with E-state index in [2.05, 4.69) is 21.2 Å². The lowest BCUT2D eigenvalue weighted by Crippen LogP contribution is -2.20. The number of carbonyl (C=O) groups is 1. The number of rotatable bonds is 3. The molecule has 0 saturated heterocycles. The van der Waals surface area contributed by atoms with Crippen LogP contribution in [-0.2, 0) is 6.54 Å². The molecule has 2 aromatic rings. The van der Waals surface area contributed by atoms with Crippen LogP contribution in [0.15, 0.2) is 45.8 Å². The number of hydrogen-bond donors (Lipinski definition) is 1. The monoisotopic (exact) mass is 338 g/mol. The van der Waals surface area contributed by atoms with E-state index in [-0.39, 0.29) is 11.1 Å². The van der Waals surface area contributed by atoms with Crippen LogP contribution in [0.1, 0.15) is 17.3 Å². The minimum atomic E-state index is -0.602. The van der Waals surface area contributed by atoms with Gasteiger partial charge in [0, 0.05) is 23.3 Å². The van der Waals surface area contributed by atoms with Crippen LogP contribution in [0, 0.1) is 5.82 Å². The lowest BCUT2D eigenvalue weighted by molar-refractivity contribution is 0.102. The third-order valence-corrected chi connectivity index (χ3v) is 3.25. The molecule has 20 heavy (non-hydrogen) atoms. The van der Waals surface area contributed by atoms with Gasteiger partial charge in [0.25, 0.3) is 11.5 Å². The molecule has 0 radical (unpaired) electrons. The molecule has 0 bridgehead atoms. The summed E-state index contributed by atoms with van der Waals surface area (Å²) in [6.07, 6.45) is 1.52. The number of aromatic nitrogens is 1. The number of nitrogens with one attached hydrogen (secondary N) is 1. The Kier molecular flexibility index (Phi) is 4.34. The fraction of sp³-hybridized carbons (Fsp3) is 0.143. The summed E-state index contributed by atoms with van der Waals surface area (Å²) in [4.78, 5) is 23.5. The predicted molar refractivity (Wildman–Crippen MR) is 78.4 cm³/mol. The van der Waals surface area contributed by atoms with Gasteiger partial charge in [0.1, 0.15) is 5.82 Å². The first-order valence-electron chi connectivity index (χ1n) is 5.98. The Morgan fingerprint density at radius 1 is 1.35 bits per heavy atom. The third kappa shape index (κ3) is 3.14. The van der Waals surface area contributed by atoms with Crippen molar-refractivity contribution in [3.8, 4) is 0 Å². The molecular weight excluding hydrogens is 327 g/mol. The molecule has 0 aliphatic carbocycles. The molecule has 1 aromatic heterocycles. The maximum atomic E-state index is 13.6. The van der Waals surface area contributed by atoms with Gasteiger partial charge in [0.2, 0.25) is 0 Å². The second-order valence-corrected chi connectivity index (χ2v) is 5.04. The first-order chi connectivity index (χ1) is 9.51. The smallest absolute Gasteiger partial charge is 0.258 e. The number of nitrogens with zero attached hydrogens (tertiary/aromatic N) is 1. The number of hydrogen-bond acceptors (Lipinski definition) is 2. The lowest BCUT2D eigenvalue weighted by Gasteiger charge is -2.08. The van der Waals surface area contributed by atoms with Crippen molar-refractivity contribution in [3.05, 3.63) is 62.7 Å². The normalized spacial score (nSPS) is 10.3. The molecule has 0 fully saturated rings. The van der Waals surface area contributed by atoms with E-state index in [1.165, 1.54) is 41.1 Å². The Morgan fingerprint density at radius 3 is 2.80 bits per heavy atom. The molecule has 0 aliphatic heterocycles. The quantitative estimate of drug-likeness (QED) is 0.935. The molecular formula is C14H12BrFN2O2. The number of benzene rings is 1. The number of pyridine rings is 1.